The number of ether oxygens (including phenoxy) is 1. The van der Waals surface area contributed by atoms with E-state index < -0.39 is 0 Å². The number of nitrogens with two attached hydrogens (primary N) is 1. The van der Waals surface area contributed by atoms with Crippen LogP contribution in [0.1, 0.15) is 11.4 Å². The highest BCUT2D eigenvalue weighted by molar-refractivity contribution is 5.75. The minimum Gasteiger partial charge on any atom is -0.396 e. The van der Waals surface area contributed by atoms with Gasteiger partial charge in [0.05, 0.1) is 23.7 Å². The molecule has 0 aliphatic heterocycles. The molecule has 0 radical (unpaired) electrons. The summed E-state index contributed by atoms with van der Waals surface area (Å²) in [6.45, 7) is 5.01. The van der Waals surface area contributed by atoms with Crippen molar-refractivity contribution in [3.8, 4) is 0 Å². The molecule has 0 atom stereocenters. The summed E-state index contributed by atoms with van der Waals surface area (Å²) in [7, 11) is 3.36. The van der Waals surface area contributed by atoms with Gasteiger partial charge in [0.15, 0.2) is 0 Å². The van der Waals surface area contributed by atoms with Crippen molar-refractivity contribution in [3.63, 3.8) is 0 Å². The largest absolute Gasteiger partial charge is 0.396 e. The number of anilines is 1. The van der Waals surface area contributed by atoms with Gasteiger partial charge in [-0.15, -0.1) is 0 Å². The van der Waals surface area contributed by atoms with Crippen LogP contribution in [0.3, 0.4) is 0 Å². The maximum Gasteiger partial charge on any atom is 0.244 e. The molecule has 2 N–H and O–H groups in total. The van der Waals surface area contributed by atoms with E-state index in [4.69, 9.17) is 10.5 Å². The van der Waals surface area contributed by atoms with Crippen molar-refractivity contribution >= 4 is 11.6 Å². The molecule has 0 spiro atoms. The Bertz CT molecular complexity index is 400. The number of amides is 1. The molecule has 0 fully saturated rings. The van der Waals surface area contributed by atoms with E-state index in [9.17, 15) is 4.79 Å². The SMILES string of the molecule is COCCN(C)C(=O)Cn1nc(C)c(N)c1C. The Balaban J connectivity index is 2.64. The minimum absolute atomic E-state index is 0.00681. The molecular weight excluding hydrogens is 220 g/mol. The van der Waals surface area contributed by atoms with Gasteiger partial charge in [-0.1, -0.05) is 0 Å². The number of aryl methyl sites for hydroxylation is 1. The number of nitrogen functional groups attached to an aromatic ring is 1. The van der Waals surface area contributed by atoms with E-state index in [1.807, 2.05) is 13.8 Å². The van der Waals surface area contributed by atoms with Crippen LogP contribution in [0.5, 0.6) is 0 Å². The highest BCUT2D eigenvalue weighted by Crippen LogP contribution is 2.14. The number of likely N-dealkylation sites (N-methyl/N-ethyl adjacent to an activating group) is 1. The molecule has 1 amide bonds. The number of hydrogen-bond acceptors (Lipinski definition) is 4. The normalized spacial score (nSPS) is 10.6. The van der Waals surface area contributed by atoms with Crippen LogP contribution in [0.2, 0.25) is 0 Å². The molecule has 0 aliphatic carbocycles. The minimum atomic E-state index is -0.00681. The summed E-state index contributed by atoms with van der Waals surface area (Å²) in [4.78, 5) is 13.5. The summed E-state index contributed by atoms with van der Waals surface area (Å²) in [6, 6.07) is 0. The second kappa shape index (κ2) is 5.67. The summed E-state index contributed by atoms with van der Waals surface area (Å²) < 4.78 is 6.56. The van der Waals surface area contributed by atoms with Crippen molar-refractivity contribution in [1.82, 2.24) is 14.7 Å². The van der Waals surface area contributed by atoms with E-state index in [0.29, 0.717) is 18.8 Å². The number of carbonyl (C=O) groups excluding carboxylic acids is 1. The second-order valence-corrected chi connectivity index (χ2v) is 4.05. The maximum atomic E-state index is 11.9. The number of rotatable bonds is 5. The van der Waals surface area contributed by atoms with Crippen LogP contribution in [-0.2, 0) is 16.1 Å². The number of aromatic nitrogens is 2. The topological polar surface area (TPSA) is 73.4 Å². The van der Waals surface area contributed by atoms with Gasteiger partial charge >= 0.3 is 0 Å². The lowest BCUT2D eigenvalue weighted by Gasteiger charge is -2.16. The first-order valence-corrected chi connectivity index (χ1v) is 5.49. The predicted molar refractivity (Wildman–Crippen MR) is 65.6 cm³/mol. The summed E-state index contributed by atoms with van der Waals surface area (Å²) in [5.74, 6) is -0.00681. The molecule has 1 aromatic rings. The Morgan fingerprint density at radius 2 is 2.18 bits per heavy atom. The summed E-state index contributed by atoms with van der Waals surface area (Å²) in [5, 5.41) is 4.23. The summed E-state index contributed by atoms with van der Waals surface area (Å²) in [6.07, 6.45) is 0. The molecule has 6 heteroatoms. The zero-order chi connectivity index (χ0) is 13.0. The molecular formula is C11H20N4O2. The van der Waals surface area contributed by atoms with Gasteiger partial charge in [-0.25, -0.2) is 0 Å². The standard InChI is InChI=1S/C11H20N4O2/c1-8-11(12)9(2)15(13-8)7-10(16)14(3)5-6-17-4/h5-7,12H2,1-4H3. The number of hydrogen-bond donors (Lipinski definition) is 1. The van der Waals surface area contributed by atoms with Crippen LogP contribution in [0.25, 0.3) is 0 Å². The molecule has 17 heavy (non-hydrogen) atoms. The number of methoxy groups -OCH3 is 1. The third-order valence-corrected chi connectivity index (χ3v) is 2.78. The van der Waals surface area contributed by atoms with Gasteiger partial charge in [0.1, 0.15) is 6.54 Å². The van der Waals surface area contributed by atoms with Crippen molar-refractivity contribution in [1.29, 1.82) is 0 Å². The van der Waals surface area contributed by atoms with Crippen molar-refractivity contribution in [2.45, 2.75) is 20.4 Å². The first-order valence-electron chi connectivity index (χ1n) is 5.49. The quantitative estimate of drug-likeness (QED) is 0.797. The van der Waals surface area contributed by atoms with E-state index in [-0.39, 0.29) is 12.5 Å². The van der Waals surface area contributed by atoms with Gasteiger partial charge in [-0.05, 0) is 13.8 Å². The monoisotopic (exact) mass is 240 g/mol. The van der Waals surface area contributed by atoms with E-state index in [0.717, 1.165) is 11.4 Å². The predicted octanol–water partition coefficient (Wildman–Crippen LogP) is 0.187. The van der Waals surface area contributed by atoms with E-state index >= 15 is 0 Å². The number of nitrogens with zero attached hydrogens (tertiary/aromatic N) is 3. The maximum absolute atomic E-state index is 11.9. The Kier molecular flexibility index (Phi) is 4.51. The molecule has 1 rings (SSSR count). The first kappa shape index (κ1) is 13.5. The van der Waals surface area contributed by atoms with E-state index in [1.54, 1.807) is 23.7 Å². The van der Waals surface area contributed by atoms with Gasteiger partial charge in [0.25, 0.3) is 0 Å². The molecule has 1 heterocycles. The van der Waals surface area contributed by atoms with Crippen LogP contribution < -0.4 is 5.73 Å². The molecule has 0 saturated heterocycles. The lowest BCUT2D eigenvalue weighted by atomic mass is 10.3. The summed E-state index contributed by atoms with van der Waals surface area (Å²) in [5.41, 5.74) is 8.05. The van der Waals surface area contributed by atoms with Gasteiger partial charge < -0.3 is 15.4 Å². The lowest BCUT2D eigenvalue weighted by molar-refractivity contribution is -0.131. The highest BCUT2D eigenvalue weighted by Gasteiger charge is 2.14. The van der Waals surface area contributed by atoms with Crippen molar-refractivity contribution in [2.24, 2.45) is 0 Å². The fourth-order valence-electron chi connectivity index (χ4n) is 1.47. The molecule has 0 aliphatic rings. The average Bonchev–Trinajstić information content (AvgIpc) is 2.54. The van der Waals surface area contributed by atoms with Crippen molar-refractivity contribution in [2.75, 3.05) is 33.0 Å². The zero-order valence-electron chi connectivity index (χ0n) is 10.9. The fraction of sp³-hybridized carbons (Fsp3) is 0.636. The van der Waals surface area contributed by atoms with Crippen molar-refractivity contribution < 1.29 is 9.53 Å². The molecule has 96 valence electrons. The third kappa shape index (κ3) is 3.20. The molecule has 1 aromatic heterocycles. The summed E-state index contributed by atoms with van der Waals surface area (Å²) >= 11 is 0. The van der Waals surface area contributed by atoms with Gasteiger partial charge in [0.2, 0.25) is 5.91 Å². The van der Waals surface area contributed by atoms with Crippen LogP contribution >= 0.6 is 0 Å². The van der Waals surface area contributed by atoms with E-state index in [2.05, 4.69) is 5.10 Å². The Morgan fingerprint density at radius 3 is 2.65 bits per heavy atom. The van der Waals surface area contributed by atoms with Gasteiger partial charge in [-0.3, -0.25) is 9.48 Å². The molecule has 0 saturated carbocycles. The molecule has 0 aromatic carbocycles. The van der Waals surface area contributed by atoms with Crippen LogP contribution in [0, 0.1) is 13.8 Å². The van der Waals surface area contributed by atoms with Gasteiger partial charge in [-0.2, -0.15) is 5.10 Å². The first-order chi connectivity index (χ1) is 7.97. The van der Waals surface area contributed by atoms with E-state index in [1.165, 1.54) is 0 Å². The van der Waals surface area contributed by atoms with Crippen molar-refractivity contribution in [3.05, 3.63) is 11.4 Å². The molecule has 0 bridgehead atoms. The third-order valence-electron chi connectivity index (χ3n) is 2.78. The highest BCUT2D eigenvalue weighted by atomic mass is 16.5. The van der Waals surface area contributed by atoms with Crippen LogP contribution in [0.4, 0.5) is 5.69 Å². The molecule has 6 nitrogen and oxygen atoms in total. The zero-order valence-corrected chi connectivity index (χ0v) is 10.9. The van der Waals surface area contributed by atoms with Crippen LogP contribution in [0.15, 0.2) is 0 Å². The molecule has 0 unspecified atom stereocenters. The van der Waals surface area contributed by atoms with Gasteiger partial charge in [0, 0.05) is 20.7 Å². The lowest BCUT2D eigenvalue weighted by Crippen LogP contribution is -2.33. The smallest absolute Gasteiger partial charge is 0.244 e. The fourth-order valence-corrected chi connectivity index (χ4v) is 1.47. The second-order valence-electron chi connectivity index (χ2n) is 4.05. The Labute approximate surface area is 101 Å². The van der Waals surface area contributed by atoms with Crippen LogP contribution in [-0.4, -0.2) is 47.9 Å². The average molecular weight is 240 g/mol. The number of carbonyl (C=O) groups is 1. The Morgan fingerprint density at radius 1 is 1.53 bits per heavy atom. The Hall–Kier alpha value is -1.56.